The van der Waals surface area contributed by atoms with Crippen LogP contribution in [0.5, 0.6) is 0 Å². The Balaban J connectivity index is 0. The molecule has 2 nitrogen and oxygen atoms in total. The van der Waals surface area contributed by atoms with Crippen LogP contribution in [0.4, 0.5) is 0 Å². The van der Waals surface area contributed by atoms with E-state index in [1.54, 1.807) is 7.11 Å². The lowest BCUT2D eigenvalue weighted by atomic mass is 10.4. The molecule has 0 rings (SSSR count). The zero-order valence-electron chi connectivity index (χ0n) is 6.39. The highest BCUT2D eigenvalue weighted by molar-refractivity contribution is 5.85. The number of ether oxygens (including phenoxy) is 1. The summed E-state index contributed by atoms with van der Waals surface area (Å²) in [5.41, 5.74) is 0. The fraction of sp³-hybridized carbons (Fsp3) is 1.00. The van der Waals surface area contributed by atoms with Crippen LogP contribution in [-0.2, 0) is 4.74 Å². The van der Waals surface area contributed by atoms with Gasteiger partial charge in [0.1, 0.15) is 0 Å². The van der Waals surface area contributed by atoms with Crippen molar-refractivity contribution in [2.24, 2.45) is 0 Å². The SMILES string of the molecule is COCCCN(C)C.Cl. The molecule has 0 aliphatic rings. The highest BCUT2D eigenvalue weighted by Gasteiger charge is 1.86. The molecule has 0 amide bonds. The smallest absolute Gasteiger partial charge is 0.0474 e. The van der Waals surface area contributed by atoms with Crippen LogP contribution >= 0.6 is 12.4 Å². The van der Waals surface area contributed by atoms with E-state index in [4.69, 9.17) is 4.74 Å². The van der Waals surface area contributed by atoms with Crippen molar-refractivity contribution in [1.29, 1.82) is 0 Å². The standard InChI is InChI=1S/C6H15NO.ClH/c1-7(2)5-4-6-8-3;/h4-6H2,1-3H3;1H. The van der Waals surface area contributed by atoms with Crippen LogP contribution in [-0.4, -0.2) is 39.3 Å². The van der Waals surface area contributed by atoms with Gasteiger partial charge in [0.2, 0.25) is 0 Å². The molecule has 0 aromatic carbocycles. The van der Waals surface area contributed by atoms with Gasteiger partial charge in [0.25, 0.3) is 0 Å². The van der Waals surface area contributed by atoms with Crippen molar-refractivity contribution in [3.05, 3.63) is 0 Å². The van der Waals surface area contributed by atoms with Gasteiger partial charge in [-0.3, -0.25) is 0 Å². The molecular weight excluding hydrogens is 138 g/mol. The van der Waals surface area contributed by atoms with E-state index in [2.05, 4.69) is 19.0 Å². The minimum Gasteiger partial charge on any atom is -0.385 e. The van der Waals surface area contributed by atoms with Gasteiger partial charge in [0.05, 0.1) is 0 Å². The molecular formula is C6H16ClNO. The molecule has 0 fully saturated rings. The zero-order chi connectivity index (χ0) is 6.41. The highest BCUT2D eigenvalue weighted by Crippen LogP contribution is 1.81. The van der Waals surface area contributed by atoms with Gasteiger partial charge in [-0.15, -0.1) is 12.4 Å². The summed E-state index contributed by atoms with van der Waals surface area (Å²) in [6.45, 7) is 1.99. The minimum atomic E-state index is 0. The molecule has 0 saturated carbocycles. The van der Waals surface area contributed by atoms with Crippen molar-refractivity contribution in [1.82, 2.24) is 4.90 Å². The number of halogens is 1. The Morgan fingerprint density at radius 3 is 2.22 bits per heavy atom. The Kier molecular flexibility index (Phi) is 10.9. The summed E-state index contributed by atoms with van der Waals surface area (Å²) in [7, 11) is 5.86. The lowest BCUT2D eigenvalue weighted by molar-refractivity contribution is 0.184. The Morgan fingerprint density at radius 1 is 1.33 bits per heavy atom. The van der Waals surface area contributed by atoms with E-state index in [0.717, 1.165) is 19.6 Å². The van der Waals surface area contributed by atoms with Gasteiger partial charge >= 0.3 is 0 Å². The van der Waals surface area contributed by atoms with Gasteiger partial charge in [-0.25, -0.2) is 0 Å². The maximum atomic E-state index is 4.87. The molecule has 0 N–H and O–H groups in total. The third-order valence-electron chi connectivity index (χ3n) is 0.954. The van der Waals surface area contributed by atoms with Crippen LogP contribution in [0.2, 0.25) is 0 Å². The first-order valence-electron chi connectivity index (χ1n) is 2.91. The van der Waals surface area contributed by atoms with Gasteiger partial charge in [0.15, 0.2) is 0 Å². The monoisotopic (exact) mass is 153 g/mol. The molecule has 58 valence electrons. The first-order chi connectivity index (χ1) is 3.77. The van der Waals surface area contributed by atoms with Crippen molar-refractivity contribution >= 4 is 12.4 Å². The molecule has 0 saturated heterocycles. The Morgan fingerprint density at radius 2 is 1.89 bits per heavy atom. The average Bonchev–Trinajstić information content (AvgIpc) is 1.66. The van der Waals surface area contributed by atoms with Gasteiger partial charge in [0, 0.05) is 13.7 Å². The summed E-state index contributed by atoms with van der Waals surface area (Å²) in [5.74, 6) is 0. The van der Waals surface area contributed by atoms with E-state index in [-0.39, 0.29) is 12.4 Å². The number of nitrogens with zero attached hydrogens (tertiary/aromatic N) is 1. The molecule has 0 aliphatic heterocycles. The van der Waals surface area contributed by atoms with E-state index < -0.39 is 0 Å². The summed E-state index contributed by atoms with van der Waals surface area (Å²) < 4.78 is 4.87. The molecule has 0 bridgehead atoms. The third kappa shape index (κ3) is 11.7. The first kappa shape index (κ1) is 11.9. The summed E-state index contributed by atoms with van der Waals surface area (Å²) in [6, 6.07) is 0. The highest BCUT2D eigenvalue weighted by atomic mass is 35.5. The van der Waals surface area contributed by atoms with Crippen molar-refractivity contribution in [3.8, 4) is 0 Å². The molecule has 9 heavy (non-hydrogen) atoms. The first-order valence-corrected chi connectivity index (χ1v) is 2.91. The maximum absolute atomic E-state index is 4.87. The fourth-order valence-corrected chi connectivity index (χ4v) is 0.525. The van der Waals surface area contributed by atoms with Crippen LogP contribution in [0.25, 0.3) is 0 Å². The molecule has 0 heterocycles. The van der Waals surface area contributed by atoms with E-state index in [1.807, 2.05) is 0 Å². The van der Waals surface area contributed by atoms with E-state index in [0.29, 0.717) is 0 Å². The summed E-state index contributed by atoms with van der Waals surface area (Å²) in [6.07, 6.45) is 1.13. The molecule has 0 unspecified atom stereocenters. The lowest BCUT2D eigenvalue weighted by Gasteiger charge is -2.07. The van der Waals surface area contributed by atoms with Crippen LogP contribution in [0.15, 0.2) is 0 Å². The maximum Gasteiger partial charge on any atom is 0.0474 e. The van der Waals surface area contributed by atoms with Gasteiger partial charge in [-0.2, -0.15) is 0 Å². The number of rotatable bonds is 4. The molecule has 0 aliphatic carbocycles. The Bertz CT molecular complexity index is 50.3. The van der Waals surface area contributed by atoms with Crippen LogP contribution in [0, 0.1) is 0 Å². The van der Waals surface area contributed by atoms with Crippen molar-refractivity contribution in [3.63, 3.8) is 0 Å². The summed E-state index contributed by atoms with van der Waals surface area (Å²) >= 11 is 0. The molecule has 0 aromatic heterocycles. The largest absolute Gasteiger partial charge is 0.385 e. The van der Waals surface area contributed by atoms with Crippen molar-refractivity contribution in [2.45, 2.75) is 6.42 Å². The summed E-state index contributed by atoms with van der Waals surface area (Å²) in [5, 5.41) is 0. The number of hydrogen-bond acceptors (Lipinski definition) is 2. The second-order valence-electron chi connectivity index (χ2n) is 2.15. The number of methoxy groups -OCH3 is 1. The summed E-state index contributed by atoms with van der Waals surface area (Å²) in [4.78, 5) is 2.15. The molecule has 0 atom stereocenters. The predicted molar refractivity (Wildman–Crippen MR) is 42.3 cm³/mol. The topological polar surface area (TPSA) is 12.5 Å². The van der Waals surface area contributed by atoms with Crippen molar-refractivity contribution in [2.75, 3.05) is 34.4 Å². The molecule has 0 aromatic rings. The van der Waals surface area contributed by atoms with Gasteiger partial charge < -0.3 is 9.64 Å². The van der Waals surface area contributed by atoms with Crippen molar-refractivity contribution < 1.29 is 4.74 Å². The molecule has 0 spiro atoms. The van der Waals surface area contributed by atoms with E-state index >= 15 is 0 Å². The lowest BCUT2D eigenvalue weighted by Crippen LogP contribution is -2.14. The second-order valence-corrected chi connectivity index (χ2v) is 2.15. The van der Waals surface area contributed by atoms with Gasteiger partial charge in [-0.05, 0) is 27.1 Å². The minimum absolute atomic E-state index is 0. The quantitative estimate of drug-likeness (QED) is 0.559. The zero-order valence-corrected chi connectivity index (χ0v) is 7.20. The van der Waals surface area contributed by atoms with E-state index in [1.165, 1.54) is 0 Å². The third-order valence-corrected chi connectivity index (χ3v) is 0.954. The number of hydrogen-bond donors (Lipinski definition) is 0. The van der Waals surface area contributed by atoms with Crippen LogP contribution in [0.3, 0.4) is 0 Å². The fourth-order valence-electron chi connectivity index (χ4n) is 0.525. The Hall–Kier alpha value is 0.210. The molecule has 0 radical (unpaired) electrons. The average molecular weight is 154 g/mol. The van der Waals surface area contributed by atoms with E-state index in [9.17, 15) is 0 Å². The molecule has 3 heteroatoms. The normalized spacial score (nSPS) is 9.33. The van der Waals surface area contributed by atoms with Crippen LogP contribution in [0.1, 0.15) is 6.42 Å². The van der Waals surface area contributed by atoms with Crippen LogP contribution < -0.4 is 0 Å². The van der Waals surface area contributed by atoms with Gasteiger partial charge in [-0.1, -0.05) is 0 Å². The second kappa shape index (κ2) is 8.21. The predicted octanol–water partition coefficient (Wildman–Crippen LogP) is 1.01. The Labute approximate surface area is 63.6 Å².